The molecule has 0 spiro atoms. The van der Waals surface area contributed by atoms with Crippen LogP contribution in [0.3, 0.4) is 0 Å². The van der Waals surface area contributed by atoms with Crippen LogP contribution in [0.4, 0.5) is 0 Å². The van der Waals surface area contributed by atoms with E-state index in [4.69, 9.17) is 4.98 Å². The molecule has 0 fully saturated rings. The highest BCUT2D eigenvalue weighted by molar-refractivity contribution is 7.13. The summed E-state index contributed by atoms with van der Waals surface area (Å²) in [5, 5.41) is 19.6. The molecule has 3 heterocycles. The zero-order valence-corrected chi connectivity index (χ0v) is 17.2. The zero-order valence-electron chi connectivity index (χ0n) is 16.3. The summed E-state index contributed by atoms with van der Waals surface area (Å²) in [5.41, 5.74) is 4.02. The summed E-state index contributed by atoms with van der Waals surface area (Å²) in [4.78, 5) is 18.7. The molecular weight excluding hydrogens is 384 g/mol. The molecule has 0 aliphatic carbocycles. The Kier molecular flexibility index (Phi) is 5.31. The lowest BCUT2D eigenvalue weighted by Gasteiger charge is -2.09. The molecule has 0 aliphatic rings. The summed E-state index contributed by atoms with van der Waals surface area (Å²) in [6.07, 6.45) is 1.65. The molecule has 0 aliphatic heterocycles. The number of phenolic OH excluding ortho intramolecular Hbond substituents is 1. The Morgan fingerprint density at radius 2 is 2.03 bits per heavy atom. The summed E-state index contributed by atoms with van der Waals surface area (Å²) >= 11 is 1.60. The number of carbonyl (C=O) groups is 1. The lowest BCUT2D eigenvalue weighted by molar-refractivity contribution is 0.0955. The Morgan fingerprint density at radius 3 is 2.76 bits per heavy atom. The van der Waals surface area contributed by atoms with Crippen molar-refractivity contribution in [2.45, 2.75) is 19.8 Å². The van der Waals surface area contributed by atoms with Crippen molar-refractivity contribution in [3.05, 3.63) is 64.7 Å². The Labute approximate surface area is 172 Å². The van der Waals surface area contributed by atoms with Crippen LogP contribution in [-0.4, -0.2) is 32.3 Å². The zero-order chi connectivity index (χ0) is 20.4. The summed E-state index contributed by atoms with van der Waals surface area (Å²) < 4.78 is 1.73. The second-order valence-electron chi connectivity index (χ2n) is 6.97. The van der Waals surface area contributed by atoms with E-state index in [-0.39, 0.29) is 11.7 Å². The number of aryl methyl sites for hydroxylation is 3. The molecule has 1 aromatic carbocycles. The molecule has 0 radical (unpaired) electrons. The van der Waals surface area contributed by atoms with E-state index in [1.807, 2.05) is 49.7 Å². The van der Waals surface area contributed by atoms with Gasteiger partial charge in [-0.15, -0.1) is 11.3 Å². The van der Waals surface area contributed by atoms with Gasteiger partial charge in [-0.2, -0.15) is 5.10 Å². The van der Waals surface area contributed by atoms with Crippen molar-refractivity contribution in [3.63, 3.8) is 0 Å². The van der Waals surface area contributed by atoms with Crippen LogP contribution >= 0.6 is 11.3 Å². The summed E-state index contributed by atoms with van der Waals surface area (Å²) in [5.74, 6) is 0.147. The van der Waals surface area contributed by atoms with E-state index in [0.717, 1.165) is 40.1 Å². The predicted octanol–water partition coefficient (Wildman–Crippen LogP) is 4.07. The molecule has 7 heteroatoms. The lowest BCUT2D eigenvalue weighted by Crippen LogP contribution is -2.25. The van der Waals surface area contributed by atoms with Gasteiger partial charge in [-0.1, -0.05) is 18.2 Å². The summed E-state index contributed by atoms with van der Waals surface area (Å²) in [6, 6.07) is 13.0. The number of rotatable bonds is 6. The quantitative estimate of drug-likeness (QED) is 0.473. The Morgan fingerprint density at radius 1 is 1.24 bits per heavy atom. The van der Waals surface area contributed by atoms with Gasteiger partial charge < -0.3 is 10.4 Å². The van der Waals surface area contributed by atoms with Crippen molar-refractivity contribution >= 4 is 28.3 Å². The number of amides is 1. The SMILES string of the molecule is Cc1nn(C)c2nc(-c3cccs3)cc(C(=O)NCCCc3ccc(O)cc3)c12. The van der Waals surface area contributed by atoms with Gasteiger partial charge in [0, 0.05) is 13.6 Å². The lowest BCUT2D eigenvalue weighted by atomic mass is 10.1. The van der Waals surface area contributed by atoms with Gasteiger partial charge in [0.1, 0.15) is 5.75 Å². The number of aromatic nitrogens is 3. The monoisotopic (exact) mass is 406 g/mol. The van der Waals surface area contributed by atoms with E-state index in [1.165, 1.54) is 0 Å². The fraction of sp³-hybridized carbons (Fsp3) is 0.227. The molecule has 4 aromatic rings. The van der Waals surface area contributed by atoms with Crippen LogP contribution in [0.25, 0.3) is 21.6 Å². The molecule has 0 saturated heterocycles. The molecule has 0 saturated carbocycles. The Hall–Kier alpha value is -3.19. The number of carbonyl (C=O) groups excluding carboxylic acids is 1. The van der Waals surface area contributed by atoms with Crippen LogP contribution in [0.2, 0.25) is 0 Å². The Balaban J connectivity index is 1.54. The predicted molar refractivity (Wildman–Crippen MR) is 115 cm³/mol. The third kappa shape index (κ3) is 4.00. The van der Waals surface area contributed by atoms with Gasteiger partial charge in [0.2, 0.25) is 0 Å². The number of fused-ring (bicyclic) bond motifs is 1. The number of pyridine rings is 1. The highest BCUT2D eigenvalue weighted by atomic mass is 32.1. The number of hydrogen-bond acceptors (Lipinski definition) is 5. The third-order valence-corrected chi connectivity index (χ3v) is 5.74. The molecule has 3 aromatic heterocycles. The molecule has 2 N–H and O–H groups in total. The molecule has 148 valence electrons. The van der Waals surface area contributed by atoms with Gasteiger partial charge in [0.25, 0.3) is 5.91 Å². The normalized spacial score (nSPS) is 11.1. The first-order valence-electron chi connectivity index (χ1n) is 9.47. The molecule has 0 unspecified atom stereocenters. The largest absolute Gasteiger partial charge is 0.508 e. The van der Waals surface area contributed by atoms with Crippen LogP contribution in [0.5, 0.6) is 5.75 Å². The van der Waals surface area contributed by atoms with E-state index in [0.29, 0.717) is 17.8 Å². The van der Waals surface area contributed by atoms with Crippen molar-refractivity contribution in [1.82, 2.24) is 20.1 Å². The minimum absolute atomic E-state index is 0.114. The minimum atomic E-state index is -0.114. The number of hydrogen-bond donors (Lipinski definition) is 2. The first-order valence-corrected chi connectivity index (χ1v) is 10.4. The highest BCUT2D eigenvalue weighted by Gasteiger charge is 2.19. The summed E-state index contributed by atoms with van der Waals surface area (Å²) in [7, 11) is 1.85. The average Bonchev–Trinajstić information content (AvgIpc) is 3.35. The number of phenols is 1. The van der Waals surface area contributed by atoms with Crippen molar-refractivity contribution in [3.8, 4) is 16.3 Å². The van der Waals surface area contributed by atoms with Crippen LogP contribution < -0.4 is 5.32 Å². The molecule has 6 nitrogen and oxygen atoms in total. The second-order valence-corrected chi connectivity index (χ2v) is 7.91. The molecule has 29 heavy (non-hydrogen) atoms. The van der Waals surface area contributed by atoms with Crippen LogP contribution in [0.1, 0.15) is 28.0 Å². The van der Waals surface area contributed by atoms with Crippen molar-refractivity contribution in [2.75, 3.05) is 6.54 Å². The van der Waals surface area contributed by atoms with E-state index < -0.39 is 0 Å². The first-order chi connectivity index (χ1) is 14.0. The molecule has 0 bridgehead atoms. The topological polar surface area (TPSA) is 80.0 Å². The van der Waals surface area contributed by atoms with E-state index in [9.17, 15) is 9.90 Å². The van der Waals surface area contributed by atoms with Crippen LogP contribution in [0, 0.1) is 6.92 Å². The van der Waals surface area contributed by atoms with Gasteiger partial charge in [-0.25, -0.2) is 4.98 Å². The number of nitrogens with one attached hydrogen (secondary N) is 1. The van der Waals surface area contributed by atoms with Crippen molar-refractivity contribution < 1.29 is 9.90 Å². The van der Waals surface area contributed by atoms with Gasteiger partial charge in [0.15, 0.2) is 5.65 Å². The number of thiophene rings is 1. The van der Waals surface area contributed by atoms with Crippen LogP contribution in [-0.2, 0) is 13.5 Å². The van der Waals surface area contributed by atoms with Crippen LogP contribution in [0.15, 0.2) is 47.8 Å². The molecule has 1 amide bonds. The van der Waals surface area contributed by atoms with Crippen molar-refractivity contribution in [2.24, 2.45) is 7.05 Å². The van der Waals surface area contributed by atoms with E-state index in [2.05, 4.69) is 10.4 Å². The number of aromatic hydroxyl groups is 1. The van der Waals surface area contributed by atoms with E-state index in [1.54, 1.807) is 28.2 Å². The van der Waals surface area contributed by atoms with Gasteiger partial charge in [-0.3, -0.25) is 9.48 Å². The standard InChI is InChI=1S/C22H22N4O2S/c1-14-20-17(22(28)23-11-3-5-15-7-9-16(27)10-8-15)13-18(19-6-4-12-29-19)24-21(20)26(2)25-14/h4,6-10,12-13,27H,3,5,11H2,1-2H3,(H,23,28). The fourth-order valence-corrected chi connectivity index (χ4v) is 4.11. The fourth-order valence-electron chi connectivity index (χ4n) is 3.43. The Bertz CT molecular complexity index is 1150. The first kappa shape index (κ1) is 19.1. The van der Waals surface area contributed by atoms with Gasteiger partial charge in [-0.05, 0) is 55.0 Å². The second kappa shape index (κ2) is 8.05. The minimum Gasteiger partial charge on any atom is -0.508 e. The molecular formula is C22H22N4O2S. The maximum absolute atomic E-state index is 13.0. The van der Waals surface area contributed by atoms with Gasteiger partial charge >= 0.3 is 0 Å². The summed E-state index contributed by atoms with van der Waals surface area (Å²) in [6.45, 7) is 2.47. The highest BCUT2D eigenvalue weighted by Crippen LogP contribution is 2.29. The number of benzene rings is 1. The van der Waals surface area contributed by atoms with E-state index >= 15 is 0 Å². The number of nitrogens with zero attached hydrogens (tertiary/aromatic N) is 3. The maximum Gasteiger partial charge on any atom is 0.252 e. The molecule has 4 rings (SSSR count). The maximum atomic E-state index is 13.0. The van der Waals surface area contributed by atoms with Crippen molar-refractivity contribution in [1.29, 1.82) is 0 Å². The average molecular weight is 407 g/mol. The van der Waals surface area contributed by atoms with Gasteiger partial charge in [0.05, 0.1) is 27.2 Å². The third-order valence-electron chi connectivity index (χ3n) is 4.85. The molecule has 0 atom stereocenters. The smallest absolute Gasteiger partial charge is 0.252 e.